The second-order valence-corrected chi connectivity index (χ2v) is 8.47. The minimum absolute atomic E-state index is 0.0302. The van der Waals surface area contributed by atoms with E-state index in [1.807, 2.05) is 59.1 Å². The van der Waals surface area contributed by atoms with Crippen molar-refractivity contribution >= 4 is 44.3 Å². The maximum atomic E-state index is 13.3. The lowest BCUT2D eigenvalue weighted by atomic mass is 9.95. The molecule has 3 aromatic heterocycles. The van der Waals surface area contributed by atoms with E-state index in [0.29, 0.717) is 18.0 Å². The van der Waals surface area contributed by atoms with Gasteiger partial charge in [-0.05, 0) is 24.1 Å². The van der Waals surface area contributed by atoms with Crippen LogP contribution in [0, 0.1) is 0 Å². The number of nitrogens with two attached hydrogens (primary N) is 1. The van der Waals surface area contributed by atoms with E-state index in [4.69, 9.17) is 5.73 Å². The number of hydrogen-bond acceptors (Lipinski definition) is 4. The third-order valence-corrected chi connectivity index (χ3v) is 6.88. The van der Waals surface area contributed by atoms with E-state index < -0.39 is 5.91 Å². The molecule has 0 unspecified atom stereocenters. The third kappa shape index (κ3) is 2.81. The summed E-state index contributed by atoms with van der Waals surface area (Å²) >= 11 is 1.34. The van der Waals surface area contributed by atoms with Crippen LogP contribution in [0.25, 0.3) is 21.1 Å². The first-order valence-electron chi connectivity index (χ1n) is 9.55. The summed E-state index contributed by atoms with van der Waals surface area (Å²) in [6, 6.07) is 11.8. The number of pyridine rings is 1. The highest BCUT2D eigenvalue weighted by Gasteiger charge is 2.33. The molecule has 1 aliphatic rings. The standard InChI is InChI=1S/C22H20N4O2S/c1-25-12-16(14-5-2-3-7-17(14)25)22(28)26-10-8-13(11-26)18-15-6-4-9-24-21(15)29-19(18)20(23)27/h2-7,9,12-13H,8,10-11H2,1H3,(H2,23,27)/t13-/m0/s1. The van der Waals surface area contributed by atoms with Crippen LogP contribution < -0.4 is 5.73 Å². The van der Waals surface area contributed by atoms with Crippen molar-refractivity contribution in [1.29, 1.82) is 0 Å². The van der Waals surface area contributed by atoms with Gasteiger partial charge in [-0.25, -0.2) is 4.98 Å². The molecule has 0 radical (unpaired) electrons. The summed E-state index contributed by atoms with van der Waals surface area (Å²) < 4.78 is 1.99. The predicted molar refractivity (Wildman–Crippen MR) is 114 cm³/mol. The summed E-state index contributed by atoms with van der Waals surface area (Å²) in [5, 5.41) is 1.93. The molecule has 4 aromatic rings. The highest BCUT2D eigenvalue weighted by Crippen LogP contribution is 2.39. The zero-order chi connectivity index (χ0) is 20.1. The molecule has 1 aliphatic heterocycles. The van der Waals surface area contributed by atoms with Gasteiger partial charge in [-0.1, -0.05) is 24.3 Å². The Bertz CT molecular complexity index is 1270. The minimum atomic E-state index is -0.429. The Hall–Kier alpha value is -3.19. The van der Waals surface area contributed by atoms with Crippen molar-refractivity contribution in [1.82, 2.24) is 14.5 Å². The second-order valence-electron chi connectivity index (χ2n) is 7.47. The first-order chi connectivity index (χ1) is 14.0. The van der Waals surface area contributed by atoms with E-state index >= 15 is 0 Å². The van der Waals surface area contributed by atoms with Gasteiger partial charge in [-0.3, -0.25) is 9.59 Å². The zero-order valence-electron chi connectivity index (χ0n) is 16.0. The molecular formula is C22H20N4O2S. The van der Waals surface area contributed by atoms with Crippen LogP contribution in [0.4, 0.5) is 0 Å². The molecule has 146 valence electrons. The molecule has 2 N–H and O–H groups in total. The molecule has 7 heteroatoms. The van der Waals surface area contributed by atoms with Gasteiger partial charge in [0.25, 0.3) is 11.8 Å². The van der Waals surface area contributed by atoms with E-state index in [2.05, 4.69) is 4.98 Å². The average molecular weight is 404 g/mol. The number of thiophene rings is 1. The molecule has 1 aromatic carbocycles. The molecule has 1 fully saturated rings. The fraction of sp³-hybridized carbons (Fsp3) is 0.227. The van der Waals surface area contributed by atoms with Gasteiger partial charge in [0.05, 0.1) is 10.4 Å². The Morgan fingerprint density at radius 2 is 1.97 bits per heavy atom. The molecule has 0 aliphatic carbocycles. The van der Waals surface area contributed by atoms with Gasteiger partial charge < -0.3 is 15.2 Å². The number of hydrogen-bond donors (Lipinski definition) is 1. The Morgan fingerprint density at radius 1 is 1.17 bits per heavy atom. The van der Waals surface area contributed by atoms with Gasteiger partial charge in [0.15, 0.2) is 0 Å². The number of para-hydroxylation sites is 1. The fourth-order valence-corrected chi connectivity index (χ4v) is 5.48. The number of fused-ring (bicyclic) bond motifs is 2. The molecular weight excluding hydrogens is 384 g/mol. The van der Waals surface area contributed by atoms with Crippen LogP contribution in [-0.4, -0.2) is 39.4 Å². The monoisotopic (exact) mass is 404 g/mol. The number of aromatic nitrogens is 2. The number of benzene rings is 1. The Morgan fingerprint density at radius 3 is 2.79 bits per heavy atom. The Labute approximate surface area is 171 Å². The molecule has 29 heavy (non-hydrogen) atoms. The van der Waals surface area contributed by atoms with Crippen LogP contribution >= 0.6 is 11.3 Å². The fourth-order valence-electron chi connectivity index (χ4n) is 4.40. The zero-order valence-corrected chi connectivity index (χ0v) is 16.8. The summed E-state index contributed by atoms with van der Waals surface area (Å²) in [5.74, 6) is -0.321. The number of nitrogens with zero attached hydrogens (tertiary/aromatic N) is 3. The summed E-state index contributed by atoms with van der Waals surface area (Å²) in [7, 11) is 1.95. The van der Waals surface area contributed by atoms with Gasteiger partial charge in [0, 0.05) is 54.7 Å². The van der Waals surface area contributed by atoms with E-state index in [-0.39, 0.29) is 11.8 Å². The Balaban J connectivity index is 1.49. The van der Waals surface area contributed by atoms with E-state index in [1.54, 1.807) is 6.20 Å². The first kappa shape index (κ1) is 17.9. The average Bonchev–Trinajstić information content (AvgIpc) is 3.43. The van der Waals surface area contributed by atoms with Gasteiger partial charge in [0.2, 0.25) is 0 Å². The molecule has 1 atom stereocenters. The van der Waals surface area contributed by atoms with Gasteiger partial charge in [-0.2, -0.15) is 0 Å². The van der Waals surface area contributed by atoms with Crippen molar-refractivity contribution in [3.63, 3.8) is 0 Å². The second kappa shape index (κ2) is 6.70. The van der Waals surface area contributed by atoms with E-state index in [1.165, 1.54) is 11.3 Å². The van der Waals surface area contributed by atoms with E-state index in [9.17, 15) is 9.59 Å². The van der Waals surface area contributed by atoms with Crippen LogP contribution in [-0.2, 0) is 7.05 Å². The molecule has 0 saturated carbocycles. The topological polar surface area (TPSA) is 81.2 Å². The van der Waals surface area contributed by atoms with Crippen molar-refractivity contribution in [2.75, 3.05) is 13.1 Å². The van der Waals surface area contributed by atoms with Crippen molar-refractivity contribution in [2.24, 2.45) is 12.8 Å². The number of carbonyl (C=O) groups excluding carboxylic acids is 2. The van der Waals surface area contributed by atoms with Crippen molar-refractivity contribution < 1.29 is 9.59 Å². The van der Waals surface area contributed by atoms with Crippen molar-refractivity contribution in [2.45, 2.75) is 12.3 Å². The quantitative estimate of drug-likeness (QED) is 0.567. The highest BCUT2D eigenvalue weighted by atomic mass is 32.1. The number of aryl methyl sites for hydroxylation is 1. The number of amides is 2. The molecule has 1 saturated heterocycles. The maximum Gasteiger partial charge on any atom is 0.259 e. The number of rotatable bonds is 3. The summed E-state index contributed by atoms with van der Waals surface area (Å²) in [6.07, 6.45) is 4.43. The minimum Gasteiger partial charge on any atom is -0.365 e. The Kier molecular flexibility index (Phi) is 4.13. The summed E-state index contributed by atoms with van der Waals surface area (Å²) in [5.41, 5.74) is 8.36. The molecule has 0 bridgehead atoms. The smallest absolute Gasteiger partial charge is 0.259 e. The van der Waals surface area contributed by atoms with Gasteiger partial charge in [-0.15, -0.1) is 11.3 Å². The number of carbonyl (C=O) groups is 2. The molecule has 0 spiro atoms. The van der Waals surface area contributed by atoms with Gasteiger partial charge >= 0.3 is 0 Å². The lowest BCUT2D eigenvalue weighted by molar-refractivity contribution is 0.0792. The molecule has 5 rings (SSSR count). The largest absolute Gasteiger partial charge is 0.365 e. The van der Waals surface area contributed by atoms with Crippen LogP contribution in [0.1, 0.15) is 37.9 Å². The lowest BCUT2D eigenvalue weighted by Crippen LogP contribution is -2.28. The van der Waals surface area contributed by atoms with Crippen LogP contribution in [0.3, 0.4) is 0 Å². The van der Waals surface area contributed by atoms with Crippen LogP contribution in [0.15, 0.2) is 48.8 Å². The first-order valence-corrected chi connectivity index (χ1v) is 10.4. The summed E-state index contributed by atoms with van der Waals surface area (Å²) in [6.45, 7) is 1.23. The van der Waals surface area contributed by atoms with Gasteiger partial charge in [0.1, 0.15) is 4.83 Å². The molecule has 4 heterocycles. The molecule has 2 amide bonds. The SMILES string of the molecule is Cn1cc(C(=O)N2CC[C@H](c3c(C(N)=O)sc4ncccc34)C2)c2ccccc21. The summed E-state index contributed by atoms with van der Waals surface area (Å²) in [4.78, 5) is 33.0. The maximum absolute atomic E-state index is 13.3. The van der Waals surface area contributed by atoms with Crippen molar-refractivity contribution in [3.8, 4) is 0 Å². The van der Waals surface area contributed by atoms with Crippen LogP contribution in [0.5, 0.6) is 0 Å². The number of primary amides is 1. The van der Waals surface area contributed by atoms with Crippen molar-refractivity contribution in [3.05, 3.63) is 64.8 Å². The van der Waals surface area contributed by atoms with E-state index in [0.717, 1.165) is 38.7 Å². The van der Waals surface area contributed by atoms with Crippen LogP contribution in [0.2, 0.25) is 0 Å². The normalized spacial score (nSPS) is 16.7. The highest BCUT2D eigenvalue weighted by molar-refractivity contribution is 7.20. The predicted octanol–water partition coefficient (Wildman–Crippen LogP) is 3.52. The third-order valence-electron chi connectivity index (χ3n) is 5.74. The molecule has 6 nitrogen and oxygen atoms in total. The lowest BCUT2D eigenvalue weighted by Gasteiger charge is -2.16. The number of likely N-dealkylation sites (tertiary alicyclic amines) is 1.